The molecule has 0 saturated carbocycles. The lowest BCUT2D eigenvalue weighted by atomic mass is 10.0. The Morgan fingerprint density at radius 2 is 1.08 bits per heavy atom. The lowest BCUT2D eigenvalue weighted by Crippen LogP contribution is -1.94. The Labute approximate surface area is 308 Å². The smallest absolute Gasteiger partial charge is 0.0992 e. The molecule has 7 aromatic carbocycles. The van der Waals surface area contributed by atoms with Crippen molar-refractivity contribution in [3.63, 3.8) is 0 Å². The first-order valence-electron chi connectivity index (χ1n) is 17.9. The second-order valence-electron chi connectivity index (χ2n) is 13.4. The first-order chi connectivity index (χ1) is 26.1. The van der Waals surface area contributed by atoms with Gasteiger partial charge in [-0.2, -0.15) is 5.26 Å². The molecular formula is C50H35N3. The Hall–Kier alpha value is -7.15. The molecule has 0 fully saturated rings. The summed E-state index contributed by atoms with van der Waals surface area (Å²) >= 11 is 0. The van der Waals surface area contributed by atoms with Gasteiger partial charge in [-0.05, 0) is 107 Å². The molecule has 53 heavy (non-hydrogen) atoms. The van der Waals surface area contributed by atoms with Crippen molar-refractivity contribution < 1.29 is 0 Å². The van der Waals surface area contributed by atoms with Crippen molar-refractivity contribution in [1.82, 2.24) is 9.13 Å². The summed E-state index contributed by atoms with van der Waals surface area (Å²) in [6, 6.07) is 60.1. The molecule has 0 aliphatic rings. The molecule has 9 rings (SSSR count). The van der Waals surface area contributed by atoms with Crippen LogP contribution in [0.3, 0.4) is 0 Å². The zero-order chi connectivity index (χ0) is 35.9. The summed E-state index contributed by atoms with van der Waals surface area (Å²) in [5.41, 5.74) is 14.3. The molecule has 0 saturated heterocycles. The van der Waals surface area contributed by atoms with Crippen molar-refractivity contribution in [2.45, 2.75) is 6.92 Å². The minimum atomic E-state index is 0.647. The van der Waals surface area contributed by atoms with Gasteiger partial charge in [-0.1, -0.05) is 122 Å². The normalized spacial score (nSPS) is 12.2. The molecular weight excluding hydrogens is 643 g/mol. The summed E-state index contributed by atoms with van der Waals surface area (Å²) in [6.45, 7) is 6.25. The van der Waals surface area contributed by atoms with Crippen LogP contribution in [0.1, 0.15) is 23.6 Å². The van der Waals surface area contributed by atoms with E-state index in [-0.39, 0.29) is 0 Å². The van der Waals surface area contributed by atoms with Crippen LogP contribution in [-0.4, -0.2) is 9.13 Å². The molecule has 0 aliphatic carbocycles. The minimum Gasteiger partial charge on any atom is -0.309 e. The average molecular weight is 678 g/mol. The highest BCUT2D eigenvalue weighted by atomic mass is 15.0. The van der Waals surface area contributed by atoms with Crippen LogP contribution in [-0.2, 0) is 0 Å². The fourth-order valence-electron chi connectivity index (χ4n) is 7.67. The summed E-state index contributed by atoms with van der Waals surface area (Å²) in [5.74, 6) is 0. The van der Waals surface area contributed by atoms with Crippen molar-refractivity contribution in [2.24, 2.45) is 0 Å². The predicted molar refractivity (Wildman–Crippen MR) is 224 cm³/mol. The van der Waals surface area contributed by atoms with Crippen molar-refractivity contribution in [3.05, 3.63) is 205 Å². The third kappa shape index (κ3) is 5.55. The molecule has 0 bridgehead atoms. The van der Waals surface area contributed by atoms with Gasteiger partial charge in [0.25, 0.3) is 0 Å². The highest BCUT2D eigenvalue weighted by Crippen LogP contribution is 2.38. The molecule has 0 N–H and O–H groups in total. The van der Waals surface area contributed by atoms with E-state index < -0.39 is 0 Å². The van der Waals surface area contributed by atoms with E-state index in [0.717, 1.165) is 39.1 Å². The molecule has 0 radical (unpaired) electrons. The quantitative estimate of drug-likeness (QED) is 0.155. The first kappa shape index (κ1) is 31.8. The summed E-state index contributed by atoms with van der Waals surface area (Å²) in [5, 5.41) is 14.4. The Kier molecular flexibility index (Phi) is 7.92. The van der Waals surface area contributed by atoms with Gasteiger partial charge < -0.3 is 9.13 Å². The molecule has 0 atom stereocenters. The molecule has 0 amide bonds. The van der Waals surface area contributed by atoms with Gasteiger partial charge in [0.2, 0.25) is 0 Å². The van der Waals surface area contributed by atoms with Gasteiger partial charge in [0.1, 0.15) is 0 Å². The zero-order valence-electron chi connectivity index (χ0n) is 29.4. The summed E-state index contributed by atoms with van der Waals surface area (Å²) in [4.78, 5) is 0. The number of nitrogens with zero attached hydrogens (tertiary/aromatic N) is 3. The van der Waals surface area contributed by atoms with E-state index in [0.29, 0.717) is 5.56 Å². The van der Waals surface area contributed by atoms with Crippen LogP contribution in [0.15, 0.2) is 189 Å². The SMILES string of the molecule is C=C/C(=C\C=C(/C)c1ccccc1)c1ccc(-n2c3ccccc3c3cc(-c4ccc5c(c4)c4ccccc4n5-c4cccc(C#N)c4)ccc32)cc1. The largest absolute Gasteiger partial charge is 0.309 e. The Bertz CT molecular complexity index is 2960. The number of nitriles is 1. The van der Waals surface area contributed by atoms with Crippen LogP contribution in [0.4, 0.5) is 0 Å². The third-order valence-electron chi connectivity index (χ3n) is 10.3. The predicted octanol–water partition coefficient (Wildman–Crippen LogP) is 13.1. The maximum Gasteiger partial charge on any atom is 0.0992 e. The Morgan fingerprint density at radius 1 is 0.509 bits per heavy atom. The van der Waals surface area contributed by atoms with Gasteiger partial charge in [0.05, 0.1) is 33.7 Å². The van der Waals surface area contributed by atoms with Crippen molar-refractivity contribution in [3.8, 4) is 28.6 Å². The molecule has 9 aromatic rings. The summed E-state index contributed by atoms with van der Waals surface area (Å²) in [6.07, 6.45) is 6.23. The van der Waals surface area contributed by atoms with Gasteiger partial charge in [-0.3, -0.25) is 0 Å². The Morgan fingerprint density at radius 3 is 1.68 bits per heavy atom. The maximum absolute atomic E-state index is 9.59. The van der Waals surface area contributed by atoms with Gasteiger partial charge >= 0.3 is 0 Å². The monoisotopic (exact) mass is 677 g/mol. The number of hydrogen-bond donors (Lipinski definition) is 0. The lowest BCUT2D eigenvalue weighted by Gasteiger charge is -2.10. The van der Waals surface area contributed by atoms with E-state index in [1.165, 1.54) is 49.3 Å². The number of fused-ring (bicyclic) bond motifs is 6. The van der Waals surface area contributed by atoms with E-state index in [2.05, 4.69) is 180 Å². The minimum absolute atomic E-state index is 0.647. The topological polar surface area (TPSA) is 33.6 Å². The molecule has 0 spiro atoms. The highest BCUT2D eigenvalue weighted by Gasteiger charge is 2.16. The molecule has 3 nitrogen and oxygen atoms in total. The summed E-state index contributed by atoms with van der Waals surface area (Å²) in [7, 11) is 0. The molecule has 0 aliphatic heterocycles. The molecule has 0 unspecified atom stereocenters. The number of rotatable bonds is 7. The van der Waals surface area contributed by atoms with Gasteiger partial charge in [-0.25, -0.2) is 0 Å². The van der Waals surface area contributed by atoms with E-state index >= 15 is 0 Å². The van der Waals surface area contributed by atoms with Gasteiger partial charge in [0, 0.05) is 32.9 Å². The van der Waals surface area contributed by atoms with Crippen LogP contribution in [0, 0.1) is 11.3 Å². The van der Waals surface area contributed by atoms with E-state index in [1.807, 2.05) is 30.3 Å². The fraction of sp³-hybridized carbons (Fsp3) is 0.0200. The van der Waals surface area contributed by atoms with Crippen molar-refractivity contribution in [1.29, 1.82) is 5.26 Å². The first-order valence-corrected chi connectivity index (χ1v) is 17.9. The number of benzene rings is 7. The van der Waals surface area contributed by atoms with Crippen LogP contribution in [0.25, 0.3) is 77.3 Å². The van der Waals surface area contributed by atoms with Crippen LogP contribution in [0.2, 0.25) is 0 Å². The standard InChI is InChI=1S/C50H35N3/c1-3-36(21-20-34(2)37-13-5-4-6-14-37)38-22-26-41(27-23-38)52-47-18-9-7-16-43(47)45-31-39(24-28-49(45)52)40-25-29-50-46(32-40)44-17-8-10-19-48(44)53(50)42-15-11-12-35(30-42)33-51/h3-32H,1H2,2H3/b34-20+,36-21+. The Balaban J connectivity index is 1.12. The molecule has 3 heteroatoms. The highest BCUT2D eigenvalue weighted by molar-refractivity contribution is 6.12. The molecule has 2 aromatic heterocycles. The average Bonchev–Trinajstić information content (AvgIpc) is 3.74. The fourth-order valence-corrected chi connectivity index (χ4v) is 7.67. The van der Waals surface area contributed by atoms with E-state index in [9.17, 15) is 5.26 Å². The zero-order valence-corrected chi connectivity index (χ0v) is 29.4. The van der Waals surface area contributed by atoms with Crippen LogP contribution in [0.5, 0.6) is 0 Å². The second kappa shape index (κ2) is 13.2. The third-order valence-corrected chi connectivity index (χ3v) is 10.3. The summed E-state index contributed by atoms with van der Waals surface area (Å²) < 4.78 is 4.62. The maximum atomic E-state index is 9.59. The van der Waals surface area contributed by atoms with Gasteiger partial charge in [0.15, 0.2) is 0 Å². The van der Waals surface area contributed by atoms with Crippen molar-refractivity contribution in [2.75, 3.05) is 0 Å². The number of para-hydroxylation sites is 2. The van der Waals surface area contributed by atoms with Crippen LogP contribution < -0.4 is 0 Å². The van der Waals surface area contributed by atoms with Crippen molar-refractivity contribution >= 4 is 54.8 Å². The van der Waals surface area contributed by atoms with Gasteiger partial charge in [-0.15, -0.1) is 0 Å². The van der Waals surface area contributed by atoms with E-state index in [1.54, 1.807) is 0 Å². The van der Waals surface area contributed by atoms with E-state index in [4.69, 9.17) is 0 Å². The number of allylic oxidation sites excluding steroid dienone is 5. The molecule has 250 valence electrons. The van der Waals surface area contributed by atoms with Crippen LogP contribution >= 0.6 is 0 Å². The number of hydrogen-bond acceptors (Lipinski definition) is 1. The lowest BCUT2D eigenvalue weighted by molar-refractivity contribution is 1.18. The molecule has 2 heterocycles. The second-order valence-corrected chi connectivity index (χ2v) is 13.4. The number of aromatic nitrogens is 2.